The Labute approximate surface area is 169 Å². The first-order chi connectivity index (χ1) is 13.5. The van der Waals surface area contributed by atoms with E-state index in [2.05, 4.69) is 21.2 Å². The number of hydrogen-bond donors (Lipinski definition) is 2. The smallest absolute Gasteiger partial charge is 0.341 e. The summed E-state index contributed by atoms with van der Waals surface area (Å²) >= 11 is 3.40. The van der Waals surface area contributed by atoms with Crippen molar-refractivity contribution in [3.63, 3.8) is 0 Å². The molecule has 0 aromatic heterocycles. The third kappa shape index (κ3) is 4.32. The van der Waals surface area contributed by atoms with E-state index in [0.717, 1.165) is 0 Å². The minimum atomic E-state index is -1.20. The van der Waals surface area contributed by atoms with Crippen molar-refractivity contribution >= 4 is 33.5 Å². The fraction of sp³-hybridized carbons (Fsp3) is 0.0476. The second-order valence-electron chi connectivity index (χ2n) is 5.70. The number of carbonyl (C=O) groups is 2. The largest absolute Gasteiger partial charge is 0.496 e. The van der Waals surface area contributed by atoms with Crippen molar-refractivity contribution in [3.05, 3.63) is 82.3 Å². The number of methoxy groups -OCH3 is 1. The molecule has 0 heterocycles. The number of carboxylic acids is 1. The van der Waals surface area contributed by atoms with Crippen molar-refractivity contribution in [2.75, 3.05) is 12.4 Å². The minimum Gasteiger partial charge on any atom is -0.496 e. The summed E-state index contributed by atoms with van der Waals surface area (Å²) in [5, 5.41) is 12.1. The van der Waals surface area contributed by atoms with Gasteiger partial charge in [0.2, 0.25) is 0 Å². The molecule has 0 atom stereocenters. The van der Waals surface area contributed by atoms with Gasteiger partial charge >= 0.3 is 5.97 Å². The number of amides is 1. The molecular weight excluding hydrogens is 426 g/mol. The summed E-state index contributed by atoms with van der Waals surface area (Å²) in [5.74, 6) is -0.420. The summed E-state index contributed by atoms with van der Waals surface area (Å²) in [6.07, 6.45) is 0. The van der Waals surface area contributed by atoms with Gasteiger partial charge in [-0.2, -0.15) is 0 Å². The van der Waals surface area contributed by atoms with Crippen molar-refractivity contribution in [3.8, 4) is 17.2 Å². The van der Waals surface area contributed by atoms with Gasteiger partial charge in [0, 0.05) is 5.56 Å². The quantitative estimate of drug-likeness (QED) is 0.548. The first-order valence-electron chi connectivity index (χ1n) is 8.23. The fourth-order valence-corrected chi connectivity index (χ4v) is 2.89. The molecule has 6 nitrogen and oxygen atoms in total. The summed E-state index contributed by atoms with van der Waals surface area (Å²) in [7, 11) is 1.37. The van der Waals surface area contributed by atoms with Crippen molar-refractivity contribution in [1.82, 2.24) is 0 Å². The van der Waals surface area contributed by atoms with Crippen LogP contribution in [0.4, 0.5) is 5.69 Å². The Balaban J connectivity index is 1.88. The van der Waals surface area contributed by atoms with Gasteiger partial charge in [0.25, 0.3) is 5.91 Å². The molecule has 0 aliphatic rings. The third-order valence-electron chi connectivity index (χ3n) is 3.87. The zero-order valence-electron chi connectivity index (χ0n) is 14.8. The maximum atomic E-state index is 12.7. The van der Waals surface area contributed by atoms with E-state index in [4.69, 9.17) is 9.47 Å². The van der Waals surface area contributed by atoms with E-state index in [1.807, 2.05) is 18.2 Å². The van der Waals surface area contributed by atoms with Crippen LogP contribution in [0.2, 0.25) is 0 Å². The summed E-state index contributed by atoms with van der Waals surface area (Å²) in [6.45, 7) is 0. The molecule has 7 heteroatoms. The van der Waals surface area contributed by atoms with E-state index in [-0.39, 0.29) is 17.0 Å². The third-order valence-corrected chi connectivity index (χ3v) is 4.53. The van der Waals surface area contributed by atoms with E-state index >= 15 is 0 Å². The SMILES string of the molecule is COc1cccc(NC(=O)c2ccc(Br)c(Oc3ccccc3)c2)c1C(=O)O. The predicted molar refractivity (Wildman–Crippen MR) is 109 cm³/mol. The highest BCUT2D eigenvalue weighted by atomic mass is 79.9. The molecule has 3 aromatic rings. The number of carbonyl (C=O) groups excluding carboxylic acids is 1. The normalized spacial score (nSPS) is 10.2. The van der Waals surface area contributed by atoms with Gasteiger partial charge in [0.15, 0.2) is 0 Å². The van der Waals surface area contributed by atoms with Gasteiger partial charge in [-0.15, -0.1) is 0 Å². The van der Waals surface area contributed by atoms with Crippen molar-refractivity contribution in [2.45, 2.75) is 0 Å². The highest BCUT2D eigenvalue weighted by Crippen LogP contribution is 2.31. The van der Waals surface area contributed by atoms with Crippen LogP contribution in [0.15, 0.2) is 71.2 Å². The Kier molecular flexibility index (Phi) is 5.96. The van der Waals surface area contributed by atoms with Crippen LogP contribution in [-0.2, 0) is 0 Å². The number of nitrogens with one attached hydrogen (secondary N) is 1. The summed E-state index contributed by atoms with van der Waals surface area (Å²) in [5.41, 5.74) is 0.342. The maximum Gasteiger partial charge on any atom is 0.341 e. The van der Waals surface area contributed by atoms with Gasteiger partial charge in [-0.05, 0) is 58.4 Å². The van der Waals surface area contributed by atoms with E-state index in [9.17, 15) is 14.7 Å². The van der Waals surface area contributed by atoms with E-state index < -0.39 is 11.9 Å². The lowest BCUT2D eigenvalue weighted by Gasteiger charge is -2.13. The minimum absolute atomic E-state index is 0.115. The molecule has 0 aliphatic carbocycles. The summed E-state index contributed by atoms with van der Waals surface area (Å²) in [4.78, 5) is 24.3. The van der Waals surface area contributed by atoms with Crippen LogP contribution in [0.5, 0.6) is 17.2 Å². The summed E-state index contributed by atoms with van der Waals surface area (Å²) in [6, 6.07) is 18.7. The van der Waals surface area contributed by atoms with Crippen LogP contribution in [-0.4, -0.2) is 24.1 Å². The average Bonchev–Trinajstić information content (AvgIpc) is 2.70. The molecule has 28 heavy (non-hydrogen) atoms. The van der Waals surface area contributed by atoms with Crippen LogP contribution in [0.1, 0.15) is 20.7 Å². The fourth-order valence-electron chi connectivity index (χ4n) is 2.56. The number of aromatic carboxylic acids is 1. The summed E-state index contributed by atoms with van der Waals surface area (Å²) < 4.78 is 11.6. The van der Waals surface area contributed by atoms with Crippen LogP contribution in [0.3, 0.4) is 0 Å². The maximum absolute atomic E-state index is 12.7. The van der Waals surface area contributed by atoms with Gasteiger partial charge in [-0.1, -0.05) is 24.3 Å². The Morgan fingerprint density at radius 3 is 2.39 bits per heavy atom. The van der Waals surface area contributed by atoms with E-state index in [1.54, 1.807) is 36.4 Å². The number of hydrogen-bond acceptors (Lipinski definition) is 4. The predicted octanol–water partition coefficient (Wildman–Crippen LogP) is 5.20. The van der Waals surface area contributed by atoms with Gasteiger partial charge in [0.1, 0.15) is 22.8 Å². The lowest BCUT2D eigenvalue weighted by atomic mass is 10.1. The standard InChI is InChI=1S/C21H16BrNO5/c1-27-17-9-5-8-16(19(17)21(25)26)23-20(24)13-10-11-15(22)18(12-13)28-14-6-3-2-4-7-14/h2-12H,1H3,(H,23,24)(H,25,26). The Hall–Kier alpha value is -3.32. The zero-order valence-corrected chi connectivity index (χ0v) is 16.4. The molecule has 0 saturated carbocycles. The number of anilines is 1. The molecular formula is C21H16BrNO5. The van der Waals surface area contributed by atoms with Crippen LogP contribution in [0, 0.1) is 0 Å². The Morgan fingerprint density at radius 2 is 1.71 bits per heavy atom. The molecule has 0 radical (unpaired) electrons. The topological polar surface area (TPSA) is 84.9 Å². The van der Waals surface area contributed by atoms with Gasteiger partial charge in [-0.25, -0.2) is 4.79 Å². The van der Waals surface area contributed by atoms with Crippen molar-refractivity contribution in [2.24, 2.45) is 0 Å². The number of carboxylic acid groups (broad SMARTS) is 1. The first kappa shape index (κ1) is 19.4. The second-order valence-corrected chi connectivity index (χ2v) is 6.56. The monoisotopic (exact) mass is 441 g/mol. The number of benzene rings is 3. The molecule has 0 fully saturated rings. The zero-order chi connectivity index (χ0) is 20.1. The van der Waals surface area contributed by atoms with Crippen molar-refractivity contribution < 1.29 is 24.2 Å². The number of rotatable bonds is 6. The lowest BCUT2D eigenvalue weighted by Crippen LogP contribution is -2.15. The molecule has 0 unspecified atom stereocenters. The lowest BCUT2D eigenvalue weighted by molar-refractivity contribution is 0.0694. The molecule has 0 bridgehead atoms. The molecule has 3 rings (SSSR count). The van der Waals surface area contributed by atoms with Crippen LogP contribution >= 0.6 is 15.9 Å². The number of ether oxygens (including phenoxy) is 2. The Bertz CT molecular complexity index is 1020. The first-order valence-corrected chi connectivity index (χ1v) is 9.03. The molecule has 0 spiro atoms. The number of para-hydroxylation sites is 1. The van der Waals surface area contributed by atoms with Crippen LogP contribution in [0.25, 0.3) is 0 Å². The van der Waals surface area contributed by atoms with Crippen molar-refractivity contribution in [1.29, 1.82) is 0 Å². The van der Waals surface area contributed by atoms with Gasteiger partial charge in [0.05, 0.1) is 17.3 Å². The number of halogens is 1. The molecule has 1 amide bonds. The second kappa shape index (κ2) is 8.58. The molecule has 2 N–H and O–H groups in total. The van der Waals surface area contributed by atoms with Gasteiger partial charge in [-0.3, -0.25) is 4.79 Å². The molecule has 0 aliphatic heterocycles. The van der Waals surface area contributed by atoms with Gasteiger partial charge < -0.3 is 19.9 Å². The highest BCUT2D eigenvalue weighted by Gasteiger charge is 2.19. The molecule has 0 saturated heterocycles. The van der Waals surface area contributed by atoms with Crippen LogP contribution < -0.4 is 14.8 Å². The molecule has 142 valence electrons. The Morgan fingerprint density at radius 1 is 0.964 bits per heavy atom. The highest BCUT2D eigenvalue weighted by molar-refractivity contribution is 9.10. The molecule has 3 aromatic carbocycles. The van der Waals surface area contributed by atoms with E-state index in [1.165, 1.54) is 19.2 Å². The van der Waals surface area contributed by atoms with E-state index in [0.29, 0.717) is 21.5 Å². The average molecular weight is 442 g/mol.